The minimum atomic E-state index is -1.47. The third-order valence-corrected chi connectivity index (χ3v) is 10.3. The Morgan fingerprint density at radius 3 is 2.45 bits per heavy atom. The molecule has 2 aromatic carbocycles. The molecule has 2 fully saturated rings. The lowest BCUT2D eigenvalue weighted by atomic mass is 9.74. The van der Waals surface area contributed by atoms with E-state index in [2.05, 4.69) is 21.2 Å². The van der Waals surface area contributed by atoms with Crippen molar-refractivity contribution >= 4 is 39.6 Å². The summed E-state index contributed by atoms with van der Waals surface area (Å²) in [5.74, 6) is -3.78. The van der Waals surface area contributed by atoms with Gasteiger partial charge in [0, 0.05) is 24.0 Å². The van der Waals surface area contributed by atoms with E-state index >= 15 is 0 Å². The Hall–Kier alpha value is -3.80. The van der Waals surface area contributed by atoms with Gasteiger partial charge >= 0.3 is 5.97 Å². The second kappa shape index (κ2) is 14.1. The van der Waals surface area contributed by atoms with E-state index in [1.165, 1.54) is 4.90 Å². The smallest absolute Gasteiger partial charge is 0.313 e. The molecule has 0 radical (unpaired) electrons. The number of carbonyl (C=O) groups is 4. The van der Waals surface area contributed by atoms with Crippen molar-refractivity contribution in [1.82, 2.24) is 15.1 Å². The van der Waals surface area contributed by atoms with Crippen molar-refractivity contribution in [1.29, 1.82) is 0 Å². The summed E-state index contributed by atoms with van der Waals surface area (Å²) in [6, 6.07) is 16.2. The number of rotatable bonds is 7. The molecule has 6 rings (SSSR count). The summed E-state index contributed by atoms with van der Waals surface area (Å²) in [5.41, 5.74) is -0.116. The van der Waals surface area contributed by atoms with Crippen LogP contribution in [0.25, 0.3) is 0 Å². The van der Waals surface area contributed by atoms with Crippen molar-refractivity contribution in [2.75, 3.05) is 26.2 Å². The summed E-state index contributed by atoms with van der Waals surface area (Å²) in [6.07, 6.45) is 6.13. The highest BCUT2D eigenvalue weighted by Gasteiger charge is 2.75. The van der Waals surface area contributed by atoms with Gasteiger partial charge < -0.3 is 29.7 Å². The average Bonchev–Trinajstić information content (AvgIpc) is 3.68. The topological polar surface area (TPSA) is 125 Å². The maximum absolute atomic E-state index is 14.8. The Morgan fingerprint density at radius 2 is 1.74 bits per heavy atom. The molecule has 0 unspecified atom stereocenters. The Morgan fingerprint density at radius 1 is 1.02 bits per heavy atom. The second-order valence-electron chi connectivity index (χ2n) is 12.5. The van der Waals surface area contributed by atoms with Gasteiger partial charge in [0.15, 0.2) is 0 Å². The maximum atomic E-state index is 14.8. The third-order valence-electron chi connectivity index (χ3n) is 9.60. The molecule has 5 bridgehead atoms. The number of cyclic esters (lactones) is 1. The minimum absolute atomic E-state index is 0.0515. The van der Waals surface area contributed by atoms with Crippen LogP contribution in [0.2, 0.25) is 0 Å². The largest absolute Gasteiger partial charge is 0.455 e. The molecule has 11 heteroatoms. The number of aliphatic hydroxyl groups is 1. The van der Waals surface area contributed by atoms with Gasteiger partial charge in [-0.25, -0.2) is 0 Å². The highest BCUT2D eigenvalue weighted by Crippen LogP contribution is 2.60. The van der Waals surface area contributed by atoms with E-state index in [1.54, 1.807) is 11.0 Å². The van der Waals surface area contributed by atoms with Crippen LogP contribution in [-0.4, -0.2) is 82.6 Å². The number of aliphatic hydroxyl groups excluding tert-OH is 1. The molecule has 3 amide bonds. The Kier molecular flexibility index (Phi) is 9.96. The molecule has 1 spiro atoms. The van der Waals surface area contributed by atoms with Gasteiger partial charge in [-0.15, -0.1) is 0 Å². The van der Waals surface area contributed by atoms with E-state index < -0.39 is 60.2 Å². The van der Waals surface area contributed by atoms with E-state index in [0.717, 1.165) is 12.8 Å². The van der Waals surface area contributed by atoms with Gasteiger partial charge in [-0.1, -0.05) is 102 Å². The van der Waals surface area contributed by atoms with Crippen molar-refractivity contribution in [3.8, 4) is 0 Å². The standard InChI is InChI=1S/C36H40BrN3O7/c1-2-3-18-39-19-12-6-11-17-28(42)38-21-27(24-15-9-5-10-16-24)46-35(45)29-30-33(43)40(26(22-41)23-13-7-4-8-14-23)32(34(39)44)36(30)20-25(37)31(29)47-36/h4-10,12-16,20,26-27,29-32,41H,2-3,11,17-19,21-22H2,1H3,(H,38,42)/b12-6-/t26-,27+,29+,30-,31+,32+,36-/m1/s1. The predicted molar refractivity (Wildman–Crippen MR) is 177 cm³/mol. The summed E-state index contributed by atoms with van der Waals surface area (Å²) in [6.45, 7) is 2.36. The number of halogens is 1. The molecule has 2 saturated heterocycles. The Labute approximate surface area is 282 Å². The fraction of sp³-hybridized carbons (Fsp3) is 0.444. The first-order valence-electron chi connectivity index (χ1n) is 16.3. The average molecular weight is 707 g/mol. The molecular weight excluding hydrogens is 666 g/mol. The normalized spacial score (nSPS) is 30.9. The van der Waals surface area contributed by atoms with Crippen LogP contribution in [0.5, 0.6) is 0 Å². The Balaban J connectivity index is 1.47. The number of benzene rings is 2. The third kappa shape index (κ3) is 6.16. The van der Waals surface area contributed by atoms with E-state index in [4.69, 9.17) is 9.47 Å². The summed E-state index contributed by atoms with van der Waals surface area (Å²) in [5, 5.41) is 13.7. The molecular formula is C36H40BrN3O7. The molecule has 4 aliphatic heterocycles. The quantitative estimate of drug-likeness (QED) is 0.330. The van der Waals surface area contributed by atoms with Gasteiger partial charge in [0.2, 0.25) is 17.7 Å². The van der Waals surface area contributed by atoms with E-state index in [1.807, 2.05) is 79.7 Å². The number of nitrogens with one attached hydrogen (secondary N) is 1. The lowest BCUT2D eigenvalue weighted by Crippen LogP contribution is -2.57. The van der Waals surface area contributed by atoms with Crippen molar-refractivity contribution in [2.24, 2.45) is 11.8 Å². The van der Waals surface area contributed by atoms with Crippen LogP contribution >= 0.6 is 15.9 Å². The van der Waals surface area contributed by atoms with Gasteiger partial charge in [0.25, 0.3) is 0 Å². The summed E-state index contributed by atoms with van der Waals surface area (Å²) < 4.78 is 13.3. The number of hydrogen-bond donors (Lipinski definition) is 2. The van der Waals surface area contributed by atoms with E-state index in [0.29, 0.717) is 28.6 Å². The highest BCUT2D eigenvalue weighted by molar-refractivity contribution is 9.11. The fourth-order valence-corrected chi connectivity index (χ4v) is 8.06. The second-order valence-corrected chi connectivity index (χ2v) is 13.4. The molecule has 248 valence electrons. The number of nitrogens with zero attached hydrogens (tertiary/aromatic N) is 2. The number of ether oxygens (including phenoxy) is 2. The van der Waals surface area contributed by atoms with E-state index in [9.17, 15) is 24.3 Å². The number of esters is 1. The first kappa shape index (κ1) is 33.1. The fourth-order valence-electron chi connectivity index (χ4n) is 7.33. The number of allylic oxidation sites excluding steroid dienone is 1. The molecule has 2 N–H and O–H groups in total. The van der Waals surface area contributed by atoms with Crippen LogP contribution < -0.4 is 5.32 Å². The van der Waals surface area contributed by atoms with Crippen molar-refractivity contribution in [3.05, 3.63) is 94.5 Å². The number of amides is 3. The maximum Gasteiger partial charge on any atom is 0.313 e. The Bertz CT molecular complexity index is 1550. The van der Waals surface area contributed by atoms with E-state index in [-0.39, 0.29) is 31.3 Å². The van der Waals surface area contributed by atoms with Gasteiger partial charge in [0.05, 0.1) is 25.1 Å². The lowest BCUT2D eigenvalue weighted by molar-refractivity contribution is -0.160. The first-order valence-corrected chi connectivity index (χ1v) is 17.1. The molecule has 0 aliphatic carbocycles. The molecule has 0 saturated carbocycles. The predicted octanol–water partition coefficient (Wildman–Crippen LogP) is 3.97. The van der Waals surface area contributed by atoms with Crippen molar-refractivity contribution < 1.29 is 33.8 Å². The van der Waals surface area contributed by atoms with Gasteiger partial charge in [-0.05, 0) is 30.0 Å². The lowest BCUT2D eigenvalue weighted by Gasteiger charge is -2.39. The molecule has 0 aromatic heterocycles. The van der Waals surface area contributed by atoms with Crippen LogP contribution in [0.4, 0.5) is 0 Å². The summed E-state index contributed by atoms with van der Waals surface area (Å²) in [7, 11) is 0. The highest BCUT2D eigenvalue weighted by atomic mass is 79.9. The molecule has 4 aliphatic rings. The van der Waals surface area contributed by atoms with Crippen LogP contribution in [0, 0.1) is 11.8 Å². The number of unbranched alkanes of at least 4 members (excludes halogenated alkanes) is 1. The zero-order valence-electron chi connectivity index (χ0n) is 26.3. The van der Waals surface area contributed by atoms with Gasteiger partial charge in [-0.3, -0.25) is 19.2 Å². The van der Waals surface area contributed by atoms with Crippen LogP contribution in [0.1, 0.15) is 55.9 Å². The first-order chi connectivity index (χ1) is 22.8. The van der Waals surface area contributed by atoms with Crippen LogP contribution in [0.15, 0.2) is 83.4 Å². The molecule has 4 heterocycles. The van der Waals surface area contributed by atoms with Crippen LogP contribution in [0.3, 0.4) is 0 Å². The molecule has 7 atom stereocenters. The van der Waals surface area contributed by atoms with Crippen LogP contribution in [-0.2, 0) is 28.7 Å². The number of likely N-dealkylation sites (tertiary alicyclic amines) is 1. The molecule has 2 aromatic rings. The number of carbonyl (C=O) groups excluding carboxylic acids is 4. The van der Waals surface area contributed by atoms with Gasteiger partial charge in [-0.2, -0.15) is 0 Å². The number of hydrogen-bond acceptors (Lipinski definition) is 7. The van der Waals surface area contributed by atoms with Gasteiger partial charge in [0.1, 0.15) is 29.8 Å². The van der Waals surface area contributed by atoms with Crippen molar-refractivity contribution in [2.45, 2.75) is 62.5 Å². The monoisotopic (exact) mass is 705 g/mol. The zero-order valence-corrected chi connectivity index (χ0v) is 27.9. The summed E-state index contributed by atoms with van der Waals surface area (Å²) >= 11 is 3.60. The molecule has 47 heavy (non-hydrogen) atoms. The zero-order chi connectivity index (χ0) is 33.1. The number of fused-ring (bicyclic) bond motifs is 2. The van der Waals surface area contributed by atoms with Crippen molar-refractivity contribution in [3.63, 3.8) is 0 Å². The SMILES string of the molecule is CCCCN1C/C=C\CCC(=O)NC[C@@H](c2ccccc2)OC(=O)[C@@H]2[C@H]3O[C@@]4(C=C3Br)[C@H](C1=O)N([C@H](CO)c1ccccc1)C(=O)[C@@H]24. The molecule has 10 nitrogen and oxygen atoms in total. The minimum Gasteiger partial charge on any atom is -0.455 e. The summed E-state index contributed by atoms with van der Waals surface area (Å²) in [4.78, 5) is 59.8.